The smallest absolute Gasteiger partial charge is 0.228 e. The van der Waals surface area contributed by atoms with Crippen molar-refractivity contribution in [2.75, 3.05) is 44.3 Å². The fourth-order valence-electron chi connectivity index (χ4n) is 5.86. The number of carbonyl (C=O) groups is 2. The number of ether oxygens (including phenoxy) is 2. The highest BCUT2D eigenvalue weighted by Crippen LogP contribution is 2.36. The van der Waals surface area contributed by atoms with Crippen LogP contribution in [-0.4, -0.2) is 67.0 Å². The van der Waals surface area contributed by atoms with Gasteiger partial charge in [-0.15, -0.1) is 0 Å². The highest BCUT2D eigenvalue weighted by Gasteiger charge is 2.39. The number of carbonyl (C=O) groups excluding carboxylic acids is 2. The summed E-state index contributed by atoms with van der Waals surface area (Å²) in [7, 11) is 0. The van der Waals surface area contributed by atoms with E-state index in [4.69, 9.17) is 9.47 Å². The first-order valence-corrected chi connectivity index (χ1v) is 12.5. The molecule has 0 aliphatic carbocycles. The Balaban J connectivity index is 1.05. The number of piperidine rings is 1. The van der Waals surface area contributed by atoms with Gasteiger partial charge in [0, 0.05) is 56.9 Å². The third-order valence-electron chi connectivity index (χ3n) is 7.76. The molecule has 4 heterocycles. The van der Waals surface area contributed by atoms with Crippen LogP contribution in [0, 0.1) is 5.92 Å². The molecular formula is C27H31N3O4. The quantitative estimate of drug-likeness (QED) is 0.704. The van der Waals surface area contributed by atoms with Crippen LogP contribution in [-0.2, 0) is 22.6 Å². The number of hydrogen-bond donors (Lipinski definition) is 0. The van der Waals surface area contributed by atoms with Gasteiger partial charge in [-0.25, -0.2) is 0 Å². The molecule has 0 saturated carbocycles. The third kappa shape index (κ3) is 4.02. The highest BCUT2D eigenvalue weighted by atomic mass is 16.6. The first-order valence-electron chi connectivity index (χ1n) is 12.5. The van der Waals surface area contributed by atoms with Crippen molar-refractivity contribution in [2.45, 2.75) is 38.3 Å². The van der Waals surface area contributed by atoms with Crippen LogP contribution in [0.15, 0.2) is 42.5 Å². The molecule has 2 aromatic rings. The van der Waals surface area contributed by atoms with E-state index in [1.165, 1.54) is 11.1 Å². The first-order chi connectivity index (χ1) is 16.7. The average molecular weight is 462 g/mol. The zero-order chi connectivity index (χ0) is 23.1. The molecule has 2 aromatic carbocycles. The number of nitrogens with zero attached hydrogens (tertiary/aromatic N) is 3. The number of hydrogen-bond acceptors (Lipinski definition) is 5. The summed E-state index contributed by atoms with van der Waals surface area (Å²) in [6.45, 7) is 5.12. The van der Waals surface area contributed by atoms with Gasteiger partial charge in [0.1, 0.15) is 13.2 Å². The Morgan fingerprint density at radius 1 is 0.912 bits per heavy atom. The number of amides is 2. The molecule has 0 aromatic heterocycles. The standard InChI is InChI=1S/C27H31N3O4/c31-26-15-21(18-30(26)23-5-6-24-25(16-23)34-14-13-33-24)27(32)28-11-8-22(9-12-28)29-10-7-19-3-1-2-4-20(19)17-29/h1-6,16,21-22H,7-15,17-18H2. The maximum atomic E-state index is 13.3. The molecule has 2 amide bonds. The number of rotatable bonds is 3. The summed E-state index contributed by atoms with van der Waals surface area (Å²) >= 11 is 0. The van der Waals surface area contributed by atoms with Gasteiger partial charge < -0.3 is 19.3 Å². The summed E-state index contributed by atoms with van der Waals surface area (Å²) in [4.78, 5) is 32.4. The Labute approximate surface area is 200 Å². The van der Waals surface area contributed by atoms with E-state index in [2.05, 4.69) is 29.2 Å². The molecule has 2 fully saturated rings. The molecule has 0 bridgehead atoms. The predicted molar refractivity (Wildman–Crippen MR) is 128 cm³/mol. The summed E-state index contributed by atoms with van der Waals surface area (Å²) < 4.78 is 11.2. The molecule has 4 aliphatic heterocycles. The Hall–Kier alpha value is -3.06. The summed E-state index contributed by atoms with van der Waals surface area (Å²) in [5, 5.41) is 0. The second kappa shape index (κ2) is 8.95. The van der Waals surface area contributed by atoms with Crippen LogP contribution in [0.4, 0.5) is 5.69 Å². The van der Waals surface area contributed by atoms with Crippen LogP contribution in [0.2, 0.25) is 0 Å². The summed E-state index contributed by atoms with van der Waals surface area (Å²) in [6, 6.07) is 14.8. The van der Waals surface area contributed by atoms with Crippen molar-refractivity contribution in [3.8, 4) is 11.5 Å². The van der Waals surface area contributed by atoms with Crippen molar-refractivity contribution < 1.29 is 19.1 Å². The van der Waals surface area contributed by atoms with Crippen LogP contribution >= 0.6 is 0 Å². The van der Waals surface area contributed by atoms with Crippen molar-refractivity contribution >= 4 is 17.5 Å². The molecule has 0 radical (unpaired) electrons. The van der Waals surface area contributed by atoms with Crippen LogP contribution in [0.5, 0.6) is 11.5 Å². The van der Waals surface area contributed by atoms with E-state index < -0.39 is 0 Å². The van der Waals surface area contributed by atoms with Crippen molar-refractivity contribution in [3.05, 3.63) is 53.6 Å². The highest BCUT2D eigenvalue weighted by molar-refractivity contribution is 6.00. The Morgan fingerprint density at radius 2 is 1.68 bits per heavy atom. The van der Waals surface area contributed by atoms with Crippen molar-refractivity contribution in [2.24, 2.45) is 5.92 Å². The Bertz CT molecular complexity index is 1100. The fourth-order valence-corrected chi connectivity index (χ4v) is 5.86. The number of fused-ring (bicyclic) bond motifs is 2. The van der Waals surface area contributed by atoms with Gasteiger partial charge >= 0.3 is 0 Å². The molecule has 1 atom stereocenters. The van der Waals surface area contributed by atoms with Crippen LogP contribution in [0.3, 0.4) is 0 Å². The van der Waals surface area contributed by atoms with Crippen LogP contribution in [0.25, 0.3) is 0 Å². The largest absolute Gasteiger partial charge is 0.486 e. The maximum absolute atomic E-state index is 13.3. The van der Waals surface area contributed by atoms with E-state index in [-0.39, 0.29) is 24.2 Å². The van der Waals surface area contributed by atoms with Gasteiger partial charge in [0.15, 0.2) is 11.5 Å². The van der Waals surface area contributed by atoms with E-state index in [1.807, 2.05) is 23.1 Å². The second-order valence-corrected chi connectivity index (χ2v) is 9.78. The van der Waals surface area contributed by atoms with Gasteiger partial charge in [0.2, 0.25) is 11.8 Å². The molecule has 2 saturated heterocycles. The van der Waals surface area contributed by atoms with Crippen molar-refractivity contribution in [1.29, 1.82) is 0 Å². The minimum atomic E-state index is -0.279. The summed E-state index contributed by atoms with van der Waals surface area (Å²) in [5.74, 6) is 1.20. The topological polar surface area (TPSA) is 62.3 Å². The first kappa shape index (κ1) is 21.5. The minimum absolute atomic E-state index is 0.00287. The zero-order valence-corrected chi connectivity index (χ0v) is 19.4. The number of likely N-dealkylation sites (tertiary alicyclic amines) is 1. The molecule has 0 N–H and O–H groups in total. The monoisotopic (exact) mass is 461 g/mol. The SMILES string of the molecule is O=C(C1CC(=O)N(c2ccc3c(c2)OCCO3)C1)N1CCC(N2CCc3ccccc3C2)CC1. The molecule has 0 spiro atoms. The van der Waals surface area contributed by atoms with Crippen molar-refractivity contribution in [1.82, 2.24) is 9.80 Å². The number of anilines is 1. The molecule has 6 rings (SSSR count). The van der Waals surface area contributed by atoms with Crippen LogP contribution < -0.4 is 14.4 Å². The summed E-state index contributed by atoms with van der Waals surface area (Å²) in [5.41, 5.74) is 3.68. The predicted octanol–water partition coefficient (Wildman–Crippen LogP) is 2.86. The summed E-state index contributed by atoms with van der Waals surface area (Å²) in [6.07, 6.45) is 3.38. The van der Waals surface area contributed by atoms with Crippen LogP contribution in [0.1, 0.15) is 30.4 Å². The van der Waals surface area contributed by atoms with Gasteiger partial charge in [-0.1, -0.05) is 24.3 Å². The lowest BCUT2D eigenvalue weighted by atomic mass is 9.95. The molecule has 7 nitrogen and oxygen atoms in total. The van der Waals surface area contributed by atoms with E-state index in [0.29, 0.717) is 37.3 Å². The molecule has 7 heteroatoms. The minimum Gasteiger partial charge on any atom is -0.486 e. The van der Waals surface area contributed by atoms with Crippen molar-refractivity contribution in [3.63, 3.8) is 0 Å². The molecule has 4 aliphatic rings. The van der Waals surface area contributed by atoms with E-state index in [0.717, 1.165) is 51.1 Å². The normalized spacial score (nSPS) is 23.2. The van der Waals surface area contributed by atoms with E-state index >= 15 is 0 Å². The second-order valence-electron chi connectivity index (χ2n) is 9.78. The molecule has 178 valence electrons. The molecule has 34 heavy (non-hydrogen) atoms. The lowest BCUT2D eigenvalue weighted by molar-refractivity contribution is -0.137. The van der Waals surface area contributed by atoms with E-state index in [9.17, 15) is 9.59 Å². The van der Waals surface area contributed by atoms with Gasteiger partial charge in [-0.05, 0) is 42.5 Å². The lowest BCUT2D eigenvalue weighted by Gasteiger charge is -2.41. The Kier molecular flexibility index (Phi) is 5.65. The fraction of sp³-hybridized carbons (Fsp3) is 0.481. The van der Waals surface area contributed by atoms with E-state index in [1.54, 1.807) is 4.90 Å². The lowest BCUT2D eigenvalue weighted by Crippen LogP contribution is -2.49. The maximum Gasteiger partial charge on any atom is 0.228 e. The Morgan fingerprint density at radius 3 is 2.50 bits per heavy atom. The number of benzene rings is 2. The zero-order valence-electron chi connectivity index (χ0n) is 19.4. The van der Waals surface area contributed by atoms with Gasteiger partial charge in [-0.2, -0.15) is 0 Å². The average Bonchev–Trinajstić information content (AvgIpc) is 3.29. The third-order valence-corrected chi connectivity index (χ3v) is 7.76. The van der Waals surface area contributed by atoms with Gasteiger partial charge in [0.25, 0.3) is 0 Å². The molecule has 1 unspecified atom stereocenters. The van der Waals surface area contributed by atoms with Gasteiger partial charge in [0.05, 0.1) is 5.92 Å². The van der Waals surface area contributed by atoms with Gasteiger partial charge in [-0.3, -0.25) is 14.5 Å². The molecular weight excluding hydrogens is 430 g/mol.